The maximum atomic E-state index is 12.9. The number of hydrogen-bond donors (Lipinski definition) is 1. The molecule has 3 rings (SSSR count). The summed E-state index contributed by atoms with van der Waals surface area (Å²) in [7, 11) is 0. The van der Waals surface area contributed by atoms with Gasteiger partial charge in [-0.25, -0.2) is 9.37 Å². The van der Waals surface area contributed by atoms with Crippen LogP contribution in [0.5, 0.6) is 0 Å². The molecule has 1 aliphatic heterocycles. The predicted octanol–water partition coefficient (Wildman–Crippen LogP) is 3.28. The number of carbonyl (C=O) groups is 2. The first kappa shape index (κ1) is 19.4. The number of amides is 2. The van der Waals surface area contributed by atoms with Gasteiger partial charge in [0.25, 0.3) is 0 Å². The van der Waals surface area contributed by atoms with Crippen molar-refractivity contribution in [1.82, 2.24) is 9.88 Å². The molecule has 6 nitrogen and oxygen atoms in total. The van der Waals surface area contributed by atoms with Crippen molar-refractivity contribution in [2.24, 2.45) is 0 Å². The first-order valence-corrected chi connectivity index (χ1v) is 9.93. The zero-order valence-electron chi connectivity index (χ0n) is 15.1. The van der Waals surface area contributed by atoms with E-state index in [1.807, 2.05) is 11.8 Å². The second-order valence-electron chi connectivity index (χ2n) is 6.48. The van der Waals surface area contributed by atoms with Gasteiger partial charge in [-0.15, -0.1) is 11.8 Å². The molecule has 0 saturated carbocycles. The van der Waals surface area contributed by atoms with Gasteiger partial charge in [0.2, 0.25) is 11.8 Å². The van der Waals surface area contributed by atoms with E-state index in [-0.39, 0.29) is 34.6 Å². The molecule has 0 aliphatic carbocycles. The number of rotatable bonds is 6. The van der Waals surface area contributed by atoms with Crippen molar-refractivity contribution in [2.75, 3.05) is 24.2 Å². The van der Waals surface area contributed by atoms with Crippen LogP contribution in [0.1, 0.15) is 31.6 Å². The first-order valence-electron chi connectivity index (χ1n) is 8.88. The Bertz CT molecular complexity index is 759. The van der Waals surface area contributed by atoms with Gasteiger partial charge in [0, 0.05) is 24.7 Å². The third kappa shape index (κ3) is 5.32. The van der Waals surface area contributed by atoms with Crippen LogP contribution in [0.4, 0.5) is 10.1 Å². The van der Waals surface area contributed by atoms with Crippen LogP contribution < -0.4 is 5.32 Å². The van der Waals surface area contributed by atoms with Gasteiger partial charge in [-0.05, 0) is 44.0 Å². The Morgan fingerprint density at radius 1 is 1.33 bits per heavy atom. The highest BCUT2D eigenvalue weighted by atomic mass is 32.2. The Balaban J connectivity index is 1.41. The smallest absolute Gasteiger partial charge is 0.235 e. The molecular weight excluding hydrogens is 369 g/mol. The molecule has 1 atom stereocenters. The summed E-state index contributed by atoms with van der Waals surface area (Å²) < 4.78 is 18.2. The fraction of sp³-hybridized carbons (Fsp3) is 0.421. The summed E-state index contributed by atoms with van der Waals surface area (Å²) in [6, 6.07) is 5.59. The van der Waals surface area contributed by atoms with Gasteiger partial charge in [-0.2, -0.15) is 0 Å². The maximum Gasteiger partial charge on any atom is 0.235 e. The van der Waals surface area contributed by atoms with Gasteiger partial charge in [-0.3, -0.25) is 9.59 Å². The van der Waals surface area contributed by atoms with Crippen molar-refractivity contribution in [2.45, 2.75) is 30.9 Å². The summed E-state index contributed by atoms with van der Waals surface area (Å²) in [5.74, 6) is 0.634. The summed E-state index contributed by atoms with van der Waals surface area (Å²) in [6.07, 6.45) is 4.87. The summed E-state index contributed by atoms with van der Waals surface area (Å²) in [5.41, 5.74) is 0.537. The summed E-state index contributed by atoms with van der Waals surface area (Å²) in [5, 5.41) is 2.39. The van der Waals surface area contributed by atoms with E-state index in [1.165, 1.54) is 36.0 Å². The van der Waals surface area contributed by atoms with Crippen LogP contribution in [0, 0.1) is 5.82 Å². The zero-order valence-corrected chi connectivity index (χ0v) is 15.9. The number of carbonyl (C=O) groups excluding carboxylic acids is 2. The normalized spacial score (nSPS) is 16.1. The molecule has 1 aliphatic rings. The molecule has 1 unspecified atom stereocenters. The molecule has 27 heavy (non-hydrogen) atoms. The molecule has 1 aromatic heterocycles. The van der Waals surface area contributed by atoms with Crippen molar-refractivity contribution in [1.29, 1.82) is 0 Å². The molecule has 2 heterocycles. The summed E-state index contributed by atoms with van der Waals surface area (Å²) in [6.45, 7) is 3.15. The number of anilines is 1. The minimum absolute atomic E-state index is 0.0421. The van der Waals surface area contributed by atoms with E-state index in [0.29, 0.717) is 18.8 Å². The van der Waals surface area contributed by atoms with Crippen LogP contribution >= 0.6 is 11.8 Å². The van der Waals surface area contributed by atoms with E-state index in [1.54, 1.807) is 12.5 Å². The lowest BCUT2D eigenvalue weighted by Gasteiger charge is -2.32. The van der Waals surface area contributed by atoms with Gasteiger partial charge >= 0.3 is 0 Å². The highest BCUT2D eigenvalue weighted by Crippen LogP contribution is 2.28. The molecule has 0 bridgehead atoms. The van der Waals surface area contributed by atoms with Gasteiger partial charge in [0.05, 0.1) is 17.2 Å². The number of nitrogens with one attached hydrogen (secondary N) is 1. The number of halogens is 1. The monoisotopic (exact) mass is 391 g/mol. The second-order valence-corrected chi connectivity index (χ2v) is 7.81. The number of thioether (sulfide) groups is 1. The molecule has 1 N–H and O–H groups in total. The highest BCUT2D eigenvalue weighted by molar-refractivity contribution is 8.01. The average molecular weight is 391 g/mol. The highest BCUT2D eigenvalue weighted by Gasteiger charge is 2.28. The van der Waals surface area contributed by atoms with Gasteiger partial charge in [-0.1, -0.05) is 0 Å². The molecule has 2 amide bonds. The SMILES string of the molecule is CC(SCC(=O)Nc1ccc(F)cc1)C(=O)N1CCC(c2ncco2)CC1. The third-order valence-corrected chi connectivity index (χ3v) is 5.68. The topological polar surface area (TPSA) is 75.4 Å². The summed E-state index contributed by atoms with van der Waals surface area (Å²) in [4.78, 5) is 30.6. The van der Waals surface area contributed by atoms with Gasteiger partial charge < -0.3 is 14.6 Å². The van der Waals surface area contributed by atoms with Crippen LogP contribution in [0.25, 0.3) is 0 Å². The van der Waals surface area contributed by atoms with Gasteiger partial charge in [0.15, 0.2) is 5.89 Å². The second kappa shape index (κ2) is 9.03. The fourth-order valence-corrected chi connectivity index (χ4v) is 3.81. The molecule has 0 radical (unpaired) electrons. The van der Waals surface area contributed by atoms with Crippen molar-refractivity contribution >= 4 is 29.3 Å². The predicted molar refractivity (Wildman–Crippen MR) is 102 cm³/mol. The number of piperidine rings is 1. The molecule has 1 aromatic carbocycles. The lowest BCUT2D eigenvalue weighted by Crippen LogP contribution is -2.42. The molecule has 0 spiro atoms. The number of hydrogen-bond acceptors (Lipinski definition) is 5. The van der Waals surface area contributed by atoms with E-state index in [0.717, 1.165) is 18.7 Å². The van der Waals surface area contributed by atoms with E-state index < -0.39 is 0 Å². The van der Waals surface area contributed by atoms with Crippen molar-refractivity contribution in [3.63, 3.8) is 0 Å². The number of likely N-dealkylation sites (tertiary alicyclic amines) is 1. The number of aromatic nitrogens is 1. The van der Waals surface area contributed by atoms with Crippen LogP contribution in [-0.2, 0) is 9.59 Å². The molecule has 1 saturated heterocycles. The molecular formula is C19H22FN3O3S. The average Bonchev–Trinajstić information content (AvgIpc) is 3.22. The Morgan fingerprint density at radius 3 is 2.67 bits per heavy atom. The Labute approximate surface area is 161 Å². The van der Waals surface area contributed by atoms with Crippen LogP contribution in [0.2, 0.25) is 0 Å². The maximum absolute atomic E-state index is 12.9. The Morgan fingerprint density at radius 2 is 2.04 bits per heavy atom. The van der Waals surface area contributed by atoms with Crippen LogP contribution in [0.3, 0.4) is 0 Å². The lowest BCUT2D eigenvalue weighted by molar-refractivity contribution is -0.131. The molecule has 144 valence electrons. The quantitative estimate of drug-likeness (QED) is 0.818. The Hall–Kier alpha value is -2.35. The number of benzene rings is 1. The van der Waals surface area contributed by atoms with E-state index >= 15 is 0 Å². The van der Waals surface area contributed by atoms with Gasteiger partial charge in [0.1, 0.15) is 12.1 Å². The lowest BCUT2D eigenvalue weighted by atomic mass is 9.96. The van der Waals surface area contributed by atoms with E-state index in [2.05, 4.69) is 10.3 Å². The Kier molecular flexibility index (Phi) is 6.49. The molecule has 2 aromatic rings. The summed E-state index contributed by atoms with van der Waals surface area (Å²) >= 11 is 1.30. The van der Waals surface area contributed by atoms with E-state index in [4.69, 9.17) is 4.42 Å². The van der Waals surface area contributed by atoms with E-state index in [9.17, 15) is 14.0 Å². The van der Waals surface area contributed by atoms with Crippen LogP contribution in [-0.4, -0.2) is 45.8 Å². The fourth-order valence-electron chi connectivity index (χ4n) is 3.04. The minimum atomic E-state index is -0.354. The minimum Gasteiger partial charge on any atom is -0.449 e. The first-order chi connectivity index (χ1) is 13.0. The van der Waals surface area contributed by atoms with Crippen molar-refractivity contribution < 1.29 is 18.4 Å². The largest absolute Gasteiger partial charge is 0.449 e. The number of oxazole rings is 1. The van der Waals surface area contributed by atoms with Crippen molar-refractivity contribution in [3.8, 4) is 0 Å². The van der Waals surface area contributed by atoms with Crippen molar-refractivity contribution in [3.05, 3.63) is 48.4 Å². The molecule has 1 fully saturated rings. The standard InChI is InChI=1S/C19H22FN3O3S/c1-13(27-12-17(24)22-16-4-2-15(20)3-5-16)19(25)23-9-6-14(7-10-23)18-21-8-11-26-18/h2-5,8,11,13-14H,6-7,9-10,12H2,1H3,(H,22,24). The molecule has 8 heteroatoms. The zero-order chi connectivity index (χ0) is 19.2. The van der Waals surface area contributed by atoms with Crippen LogP contribution in [0.15, 0.2) is 41.1 Å². The third-order valence-electron chi connectivity index (χ3n) is 4.55. The number of nitrogens with zero attached hydrogens (tertiary/aromatic N) is 2.